The van der Waals surface area contributed by atoms with E-state index in [1.807, 2.05) is 24.3 Å². The molecule has 4 nitrogen and oxygen atoms in total. The molecule has 5 heteroatoms. The third-order valence-corrected chi connectivity index (χ3v) is 4.14. The molecule has 1 aromatic carbocycles. The third kappa shape index (κ3) is 6.80. The average molecular weight is 341 g/mol. The number of nitrogens with two attached hydrogens (primary N) is 1. The molecule has 1 aliphatic rings. The number of ether oxygens (including phenoxy) is 1. The average Bonchev–Trinajstić information content (AvgIpc) is 2.89. The molecule has 0 bridgehead atoms. The summed E-state index contributed by atoms with van der Waals surface area (Å²) in [7, 11) is 0. The number of nitrogens with one attached hydrogen (secondary N) is 1. The van der Waals surface area contributed by atoms with Gasteiger partial charge in [0.15, 0.2) is 0 Å². The van der Waals surface area contributed by atoms with Crippen molar-refractivity contribution in [2.24, 2.45) is 17.6 Å². The SMILES string of the molecule is CC(C)COc1cccc(CNC(=O)C[C@@H]2CCC[C@H]2N)c1.Cl. The van der Waals surface area contributed by atoms with Crippen molar-refractivity contribution in [3.8, 4) is 5.75 Å². The van der Waals surface area contributed by atoms with Crippen molar-refractivity contribution >= 4 is 18.3 Å². The number of hydrogen-bond donors (Lipinski definition) is 2. The Balaban J connectivity index is 0.00000264. The molecule has 1 amide bonds. The Morgan fingerprint density at radius 1 is 1.39 bits per heavy atom. The van der Waals surface area contributed by atoms with Crippen LogP contribution in [0.5, 0.6) is 5.75 Å². The number of rotatable bonds is 7. The Kier molecular flexibility index (Phi) is 8.42. The predicted molar refractivity (Wildman–Crippen MR) is 95.8 cm³/mol. The quantitative estimate of drug-likeness (QED) is 0.800. The van der Waals surface area contributed by atoms with Crippen LogP contribution in [0.2, 0.25) is 0 Å². The molecule has 130 valence electrons. The Morgan fingerprint density at radius 3 is 2.83 bits per heavy atom. The fourth-order valence-electron chi connectivity index (χ4n) is 2.84. The highest BCUT2D eigenvalue weighted by molar-refractivity contribution is 5.85. The van der Waals surface area contributed by atoms with Gasteiger partial charge in [0.25, 0.3) is 0 Å². The lowest BCUT2D eigenvalue weighted by Crippen LogP contribution is -2.31. The molecule has 0 spiro atoms. The highest BCUT2D eigenvalue weighted by atomic mass is 35.5. The smallest absolute Gasteiger partial charge is 0.220 e. The summed E-state index contributed by atoms with van der Waals surface area (Å²) in [5.41, 5.74) is 7.08. The lowest BCUT2D eigenvalue weighted by molar-refractivity contribution is -0.122. The first kappa shape index (κ1) is 19.8. The number of carbonyl (C=O) groups excluding carboxylic acids is 1. The summed E-state index contributed by atoms with van der Waals surface area (Å²) in [6.07, 6.45) is 3.82. The van der Waals surface area contributed by atoms with E-state index < -0.39 is 0 Å². The fourth-order valence-corrected chi connectivity index (χ4v) is 2.84. The lowest BCUT2D eigenvalue weighted by atomic mass is 10.00. The third-order valence-electron chi connectivity index (χ3n) is 4.14. The molecule has 0 aliphatic heterocycles. The van der Waals surface area contributed by atoms with Crippen molar-refractivity contribution in [1.29, 1.82) is 0 Å². The molecule has 0 aromatic heterocycles. The van der Waals surface area contributed by atoms with Gasteiger partial charge in [-0.3, -0.25) is 4.79 Å². The normalized spacial score (nSPS) is 20.2. The number of benzene rings is 1. The highest BCUT2D eigenvalue weighted by Crippen LogP contribution is 2.26. The summed E-state index contributed by atoms with van der Waals surface area (Å²) in [5, 5.41) is 2.99. The Hall–Kier alpha value is -1.26. The summed E-state index contributed by atoms with van der Waals surface area (Å²) < 4.78 is 5.71. The van der Waals surface area contributed by atoms with E-state index >= 15 is 0 Å². The lowest BCUT2D eigenvalue weighted by Gasteiger charge is -2.15. The summed E-state index contributed by atoms with van der Waals surface area (Å²) in [4.78, 5) is 12.0. The van der Waals surface area contributed by atoms with Crippen LogP contribution in [0.3, 0.4) is 0 Å². The van der Waals surface area contributed by atoms with Crippen molar-refractivity contribution in [2.75, 3.05) is 6.61 Å². The minimum atomic E-state index is 0. The second-order valence-corrected chi connectivity index (χ2v) is 6.69. The summed E-state index contributed by atoms with van der Waals surface area (Å²) in [6.45, 7) is 5.49. The van der Waals surface area contributed by atoms with E-state index in [2.05, 4.69) is 19.2 Å². The van der Waals surface area contributed by atoms with E-state index in [0.29, 0.717) is 31.4 Å². The van der Waals surface area contributed by atoms with E-state index in [0.717, 1.165) is 30.6 Å². The van der Waals surface area contributed by atoms with Crippen molar-refractivity contribution in [2.45, 2.75) is 52.1 Å². The monoisotopic (exact) mass is 340 g/mol. The summed E-state index contributed by atoms with van der Waals surface area (Å²) in [5.74, 6) is 1.80. The van der Waals surface area contributed by atoms with E-state index in [9.17, 15) is 4.79 Å². The molecule has 0 saturated heterocycles. The van der Waals surface area contributed by atoms with Crippen LogP contribution in [0.1, 0.15) is 45.1 Å². The van der Waals surface area contributed by atoms with Gasteiger partial charge in [-0.25, -0.2) is 0 Å². The number of carbonyl (C=O) groups is 1. The fraction of sp³-hybridized carbons (Fsp3) is 0.611. The standard InChI is InChI=1S/C18H28N2O2.ClH/c1-13(2)12-22-16-7-3-5-14(9-16)11-20-18(21)10-15-6-4-8-17(15)19;/h3,5,7,9,13,15,17H,4,6,8,10-12,19H2,1-2H3,(H,20,21);1H/t15-,17+;/m0./s1. The molecular weight excluding hydrogens is 312 g/mol. The van der Waals surface area contributed by atoms with Crippen LogP contribution in [0, 0.1) is 11.8 Å². The molecule has 1 fully saturated rings. The molecule has 2 atom stereocenters. The van der Waals surface area contributed by atoms with E-state index in [-0.39, 0.29) is 24.4 Å². The van der Waals surface area contributed by atoms with Crippen LogP contribution < -0.4 is 15.8 Å². The number of halogens is 1. The maximum Gasteiger partial charge on any atom is 0.220 e. The van der Waals surface area contributed by atoms with Crippen molar-refractivity contribution in [1.82, 2.24) is 5.32 Å². The molecule has 0 heterocycles. The molecule has 3 N–H and O–H groups in total. The minimum absolute atomic E-state index is 0. The van der Waals surface area contributed by atoms with Gasteiger partial charge >= 0.3 is 0 Å². The zero-order valence-electron chi connectivity index (χ0n) is 14.1. The molecule has 2 rings (SSSR count). The van der Waals surface area contributed by atoms with E-state index in [1.165, 1.54) is 0 Å². The first-order chi connectivity index (χ1) is 10.5. The second-order valence-electron chi connectivity index (χ2n) is 6.69. The maximum atomic E-state index is 12.0. The van der Waals surface area contributed by atoms with Gasteiger partial charge in [-0.2, -0.15) is 0 Å². The van der Waals surface area contributed by atoms with Gasteiger partial charge < -0.3 is 15.8 Å². The van der Waals surface area contributed by atoms with Crippen molar-refractivity contribution < 1.29 is 9.53 Å². The molecule has 1 aliphatic carbocycles. The van der Waals surface area contributed by atoms with Gasteiger partial charge in [0, 0.05) is 19.0 Å². The molecule has 0 radical (unpaired) electrons. The van der Waals surface area contributed by atoms with Crippen LogP contribution in [0.25, 0.3) is 0 Å². The molecule has 1 saturated carbocycles. The molecular formula is C18H29ClN2O2. The predicted octanol–water partition coefficient (Wildman–Crippen LogP) is 3.28. The summed E-state index contributed by atoms with van der Waals surface area (Å²) >= 11 is 0. The number of hydrogen-bond acceptors (Lipinski definition) is 3. The van der Waals surface area contributed by atoms with Gasteiger partial charge in [-0.1, -0.05) is 32.4 Å². The largest absolute Gasteiger partial charge is 0.493 e. The maximum absolute atomic E-state index is 12.0. The van der Waals surface area contributed by atoms with Crippen molar-refractivity contribution in [3.05, 3.63) is 29.8 Å². The Morgan fingerprint density at radius 2 is 2.17 bits per heavy atom. The van der Waals surface area contributed by atoms with Gasteiger partial charge in [0.05, 0.1) is 6.61 Å². The second kappa shape index (κ2) is 9.78. The van der Waals surface area contributed by atoms with Crippen molar-refractivity contribution in [3.63, 3.8) is 0 Å². The van der Waals surface area contributed by atoms with Gasteiger partial charge in [-0.05, 0) is 42.4 Å². The van der Waals surface area contributed by atoms with Crippen LogP contribution in [0.4, 0.5) is 0 Å². The van der Waals surface area contributed by atoms with Gasteiger partial charge in [-0.15, -0.1) is 12.4 Å². The van der Waals surface area contributed by atoms with E-state index in [4.69, 9.17) is 10.5 Å². The molecule has 23 heavy (non-hydrogen) atoms. The van der Waals surface area contributed by atoms with Crippen LogP contribution >= 0.6 is 12.4 Å². The van der Waals surface area contributed by atoms with Crippen LogP contribution in [0.15, 0.2) is 24.3 Å². The van der Waals surface area contributed by atoms with Crippen LogP contribution in [-0.4, -0.2) is 18.6 Å². The molecule has 1 aromatic rings. The highest BCUT2D eigenvalue weighted by Gasteiger charge is 2.25. The van der Waals surface area contributed by atoms with Gasteiger partial charge in [0.1, 0.15) is 5.75 Å². The summed E-state index contributed by atoms with van der Waals surface area (Å²) in [6, 6.07) is 8.10. The van der Waals surface area contributed by atoms with Gasteiger partial charge in [0.2, 0.25) is 5.91 Å². The Labute approximate surface area is 145 Å². The first-order valence-corrected chi connectivity index (χ1v) is 8.28. The first-order valence-electron chi connectivity index (χ1n) is 8.28. The zero-order chi connectivity index (χ0) is 15.9. The van der Waals surface area contributed by atoms with Crippen LogP contribution in [-0.2, 0) is 11.3 Å². The minimum Gasteiger partial charge on any atom is -0.493 e. The topological polar surface area (TPSA) is 64.3 Å². The number of amides is 1. The van der Waals surface area contributed by atoms with E-state index in [1.54, 1.807) is 0 Å². The zero-order valence-corrected chi connectivity index (χ0v) is 14.9. The Bertz CT molecular complexity index is 494. The molecule has 0 unspecified atom stereocenters.